The Labute approximate surface area is 167 Å². The van der Waals surface area contributed by atoms with Crippen LogP contribution in [0.3, 0.4) is 0 Å². The van der Waals surface area contributed by atoms with Crippen molar-refractivity contribution in [3.05, 3.63) is 34.8 Å². The number of benzene rings is 1. The van der Waals surface area contributed by atoms with Crippen LogP contribution in [0.4, 0.5) is 0 Å². The molecule has 0 bridgehead atoms. The van der Waals surface area contributed by atoms with Crippen LogP contribution in [0.5, 0.6) is 11.5 Å². The maximum Gasteiger partial charge on any atom is 0.344 e. The van der Waals surface area contributed by atoms with E-state index in [0.29, 0.717) is 48.0 Å². The molecule has 0 N–H and O–H groups in total. The number of hydrogen-bond acceptors (Lipinski definition) is 8. The molecule has 0 saturated carbocycles. The largest absolute Gasteiger partial charge is 0.493 e. The predicted octanol–water partition coefficient (Wildman–Crippen LogP) is 2.58. The van der Waals surface area contributed by atoms with Crippen molar-refractivity contribution in [1.82, 2.24) is 0 Å². The van der Waals surface area contributed by atoms with Crippen molar-refractivity contribution in [2.45, 2.75) is 0 Å². The number of methoxy groups -OCH3 is 2. The fourth-order valence-electron chi connectivity index (χ4n) is 1.77. The summed E-state index contributed by atoms with van der Waals surface area (Å²) in [5.41, 5.74) is 0.690. The number of esters is 1. The third-order valence-electron chi connectivity index (χ3n) is 3.03. The Balaban J connectivity index is 2.57. The molecule has 0 aliphatic rings. The lowest BCUT2D eigenvalue weighted by Gasteiger charge is -2.13. The number of nitrogens with zero attached hydrogens (tertiary/aromatic N) is 1. The highest BCUT2D eigenvalue weighted by Gasteiger charge is 2.15. The van der Waals surface area contributed by atoms with Gasteiger partial charge in [0.05, 0.1) is 37.6 Å². The van der Waals surface area contributed by atoms with Crippen molar-refractivity contribution in [3.63, 3.8) is 0 Å². The minimum Gasteiger partial charge on any atom is -0.493 e. The van der Waals surface area contributed by atoms with Crippen LogP contribution in [-0.4, -0.2) is 66.0 Å². The molecule has 0 amide bonds. The maximum absolute atomic E-state index is 11.8. The van der Waals surface area contributed by atoms with Crippen LogP contribution < -0.4 is 9.47 Å². The van der Waals surface area contributed by atoms with E-state index in [2.05, 4.69) is 27.7 Å². The first kappa shape index (κ1) is 22.9. The van der Waals surface area contributed by atoms with Gasteiger partial charge < -0.3 is 28.5 Å². The third kappa shape index (κ3) is 8.89. The fraction of sp³-hybridized carbons (Fsp3) is 0.444. The number of rotatable bonds is 14. The molecular weight excluding hydrogens is 422 g/mol. The highest BCUT2D eigenvalue weighted by Crippen LogP contribution is 2.37. The minimum atomic E-state index is -0.521. The molecule has 0 aliphatic carbocycles. The molecule has 0 unspecified atom stereocenters. The van der Waals surface area contributed by atoms with E-state index >= 15 is 0 Å². The van der Waals surface area contributed by atoms with Crippen molar-refractivity contribution in [2.75, 3.05) is 53.9 Å². The van der Waals surface area contributed by atoms with Crippen molar-refractivity contribution in [1.29, 1.82) is 0 Å². The quantitative estimate of drug-likeness (QED) is 0.143. The maximum atomic E-state index is 11.8. The Bertz CT molecular complexity index is 622. The average Bonchev–Trinajstić information content (AvgIpc) is 2.67. The molecule has 1 aromatic rings. The zero-order valence-corrected chi connectivity index (χ0v) is 17.0. The van der Waals surface area contributed by atoms with Crippen LogP contribution in [-0.2, 0) is 23.8 Å². The molecule has 0 aromatic heterocycles. The van der Waals surface area contributed by atoms with Gasteiger partial charge in [-0.25, -0.2) is 4.79 Å². The summed E-state index contributed by atoms with van der Waals surface area (Å²) in [5, 5.41) is 3.82. The van der Waals surface area contributed by atoms with E-state index in [1.807, 2.05) is 0 Å². The molecular formula is C18H24BrNO7. The Morgan fingerprint density at radius 1 is 1.22 bits per heavy atom. The zero-order chi connectivity index (χ0) is 19.9. The van der Waals surface area contributed by atoms with Gasteiger partial charge in [-0.15, -0.1) is 0 Å². The van der Waals surface area contributed by atoms with Crippen LogP contribution in [0.25, 0.3) is 0 Å². The molecule has 9 heteroatoms. The van der Waals surface area contributed by atoms with Crippen LogP contribution in [0.1, 0.15) is 5.56 Å². The van der Waals surface area contributed by atoms with Gasteiger partial charge in [-0.05, 0) is 28.1 Å². The van der Waals surface area contributed by atoms with Gasteiger partial charge in [-0.1, -0.05) is 17.8 Å². The van der Waals surface area contributed by atoms with E-state index in [4.69, 9.17) is 28.5 Å². The topological polar surface area (TPSA) is 84.8 Å². The summed E-state index contributed by atoms with van der Waals surface area (Å²) < 4.78 is 26.5. The smallest absolute Gasteiger partial charge is 0.344 e. The average molecular weight is 446 g/mol. The first-order valence-corrected chi connectivity index (χ1v) is 8.91. The second-order valence-electron chi connectivity index (χ2n) is 4.93. The minimum absolute atomic E-state index is 0.136. The molecule has 0 heterocycles. The highest BCUT2D eigenvalue weighted by molar-refractivity contribution is 9.10. The van der Waals surface area contributed by atoms with E-state index in [1.165, 1.54) is 13.3 Å². The number of carbonyl (C=O) groups is 1. The molecule has 0 spiro atoms. The van der Waals surface area contributed by atoms with E-state index in [-0.39, 0.29) is 13.2 Å². The lowest BCUT2D eigenvalue weighted by Crippen LogP contribution is -2.18. The van der Waals surface area contributed by atoms with Crippen molar-refractivity contribution < 1.29 is 33.3 Å². The fourth-order valence-corrected chi connectivity index (χ4v) is 2.31. The van der Waals surface area contributed by atoms with Gasteiger partial charge >= 0.3 is 5.97 Å². The molecule has 0 aliphatic heterocycles. The van der Waals surface area contributed by atoms with Crippen LogP contribution in [0, 0.1) is 0 Å². The molecule has 1 rings (SSSR count). The van der Waals surface area contributed by atoms with E-state index in [1.54, 1.807) is 25.3 Å². The standard InChI is InChI=1S/C18H24BrNO7/c1-4-7-27-20-12-14-5-6-15(23-3)18(17(14)19)26-13-16(21)25-11-10-24-9-8-22-2/h4-6,12H,1,7-11,13H2,2-3H3/b20-12+. The van der Waals surface area contributed by atoms with Crippen LogP contribution in [0.2, 0.25) is 0 Å². The number of halogens is 1. The van der Waals surface area contributed by atoms with Gasteiger partial charge in [-0.3, -0.25) is 0 Å². The Morgan fingerprint density at radius 2 is 2.00 bits per heavy atom. The molecule has 8 nitrogen and oxygen atoms in total. The molecule has 0 atom stereocenters. The van der Waals surface area contributed by atoms with E-state index in [0.717, 1.165) is 0 Å². The van der Waals surface area contributed by atoms with Crippen molar-refractivity contribution in [3.8, 4) is 11.5 Å². The number of ether oxygens (including phenoxy) is 5. The summed E-state index contributed by atoms with van der Waals surface area (Å²) in [6, 6.07) is 3.47. The van der Waals surface area contributed by atoms with Crippen LogP contribution >= 0.6 is 15.9 Å². The van der Waals surface area contributed by atoms with E-state index in [9.17, 15) is 4.79 Å². The van der Waals surface area contributed by atoms with Gasteiger partial charge in [0.15, 0.2) is 18.1 Å². The summed E-state index contributed by atoms with van der Waals surface area (Å²) in [6.45, 7) is 4.92. The van der Waals surface area contributed by atoms with Crippen LogP contribution in [0.15, 0.2) is 34.4 Å². The number of carbonyl (C=O) groups excluding carboxylic acids is 1. The van der Waals surface area contributed by atoms with Gasteiger partial charge in [0, 0.05) is 12.7 Å². The Hall–Kier alpha value is -2.10. The lowest BCUT2D eigenvalue weighted by molar-refractivity contribution is -0.147. The molecule has 0 saturated heterocycles. The lowest BCUT2D eigenvalue weighted by atomic mass is 10.2. The normalized spacial score (nSPS) is 10.6. The summed E-state index contributed by atoms with van der Waals surface area (Å²) in [5.74, 6) is 0.299. The molecule has 150 valence electrons. The van der Waals surface area contributed by atoms with Gasteiger partial charge in [0.25, 0.3) is 0 Å². The number of oxime groups is 1. The van der Waals surface area contributed by atoms with E-state index < -0.39 is 5.97 Å². The van der Waals surface area contributed by atoms with Crippen molar-refractivity contribution in [2.24, 2.45) is 5.16 Å². The Kier molecular flexibility index (Phi) is 11.9. The first-order chi connectivity index (χ1) is 13.1. The molecule has 0 fully saturated rings. The molecule has 1 aromatic carbocycles. The first-order valence-electron chi connectivity index (χ1n) is 8.11. The highest BCUT2D eigenvalue weighted by atomic mass is 79.9. The Morgan fingerprint density at radius 3 is 2.70 bits per heavy atom. The summed E-state index contributed by atoms with van der Waals surface area (Å²) in [6.07, 6.45) is 3.10. The van der Waals surface area contributed by atoms with Gasteiger partial charge in [-0.2, -0.15) is 0 Å². The third-order valence-corrected chi connectivity index (χ3v) is 3.84. The van der Waals surface area contributed by atoms with Crippen molar-refractivity contribution >= 4 is 28.1 Å². The summed E-state index contributed by atoms with van der Waals surface area (Å²) >= 11 is 3.42. The monoisotopic (exact) mass is 445 g/mol. The SMILES string of the molecule is C=CCO/N=C/c1ccc(OC)c(OCC(=O)OCCOCCOC)c1Br. The van der Waals surface area contributed by atoms with Gasteiger partial charge in [0.1, 0.15) is 13.2 Å². The second-order valence-corrected chi connectivity index (χ2v) is 5.73. The summed E-state index contributed by atoms with van der Waals surface area (Å²) in [7, 11) is 3.09. The zero-order valence-electron chi connectivity index (χ0n) is 15.4. The summed E-state index contributed by atoms with van der Waals surface area (Å²) in [4.78, 5) is 16.8. The molecule has 0 radical (unpaired) electrons. The predicted molar refractivity (Wildman–Crippen MR) is 104 cm³/mol. The van der Waals surface area contributed by atoms with Gasteiger partial charge in [0.2, 0.25) is 0 Å². The second kappa shape index (κ2) is 14.0. The molecule has 27 heavy (non-hydrogen) atoms. The number of hydrogen-bond donors (Lipinski definition) is 0.